The molecule has 15 heavy (non-hydrogen) atoms. The monoisotopic (exact) mass is 210 g/mol. The number of hydrogen-bond acceptors (Lipinski definition) is 5. The molecule has 0 aliphatic carbocycles. The largest absolute Gasteiger partial charge is 0.481 e. The molecule has 1 aromatic rings. The molecule has 0 aliphatic heterocycles. The Morgan fingerprint density at radius 3 is 2.87 bits per heavy atom. The lowest BCUT2D eigenvalue weighted by Gasteiger charge is -2.21. The van der Waals surface area contributed by atoms with Crippen LogP contribution in [-0.2, 0) is 0 Å². The second-order valence-corrected chi connectivity index (χ2v) is 3.17. The molecule has 0 spiro atoms. The molecule has 0 amide bonds. The normalized spacial score (nSPS) is 10.1. The third kappa shape index (κ3) is 3.36. The Balaban J connectivity index is 2.79. The van der Waals surface area contributed by atoms with Gasteiger partial charge in [-0.2, -0.15) is 4.98 Å². The Morgan fingerprint density at radius 1 is 1.47 bits per heavy atom. The van der Waals surface area contributed by atoms with Gasteiger partial charge in [-0.25, -0.2) is 4.98 Å². The molecule has 1 rings (SSSR count). The Bertz CT molecular complexity index is 287. The fraction of sp³-hybridized carbons (Fsp3) is 0.600. The van der Waals surface area contributed by atoms with Crippen LogP contribution in [0.1, 0.15) is 13.3 Å². The topological polar surface area (TPSA) is 64.3 Å². The Kier molecular flexibility index (Phi) is 4.83. The van der Waals surface area contributed by atoms with Gasteiger partial charge in [0.2, 0.25) is 11.8 Å². The summed E-state index contributed by atoms with van der Waals surface area (Å²) < 4.78 is 5.05. The van der Waals surface area contributed by atoms with Gasteiger partial charge in [0.15, 0.2) is 0 Å². The molecule has 0 bridgehead atoms. The number of nitrogens with two attached hydrogens (primary N) is 1. The summed E-state index contributed by atoms with van der Waals surface area (Å²) in [6.45, 7) is 4.38. The number of anilines is 1. The van der Waals surface area contributed by atoms with E-state index in [4.69, 9.17) is 10.5 Å². The first-order valence-corrected chi connectivity index (χ1v) is 5.13. The molecule has 84 valence electrons. The molecule has 1 aromatic heterocycles. The van der Waals surface area contributed by atoms with Crippen molar-refractivity contribution in [2.45, 2.75) is 13.3 Å². The summed E-state index contributed by atoms with van der Waals surface area (Å²) in [7, 11) is 1.60. The molecular formula is C10H18N4O. The van der Waals surface area contributed by atoms with Gasteiger partial charge in [-0.05, 0) is 6.42 Å². The van der Waals surface area contributed by atoms with Gasteiger partial charge in [0.1, 0.15) is 0 Å². The summed E-state index contributed by atoms with van der Waals surface area (Å²) in [6, 6.07) is 1.73. The molecule has 2 N–H and O–H groups in total. The Morgan fingerprint density at radius 2 is 2.27 bits per heavy atom. The average Bonchev–Trinajstić information content (AvgIpc) is 2.29. The highest BCUT2D eigenvalue weighted by Crippen LogP contribution is 2.11. The van der Waals surface area contributed by atoms with Crippen LogP contribution in [0.2, 0.25) is 0 Å². The number of hydrogen-bond donors (Lipinski definition) is 1. The van der Waals surface area contributed by atoms with E-state index < -0.39 is 0 Å². The van der Waals surface area contributed by atoms with Crippen molar-refractivity contribution < 1.29 is 4.74 Å². The van der Waals surface area contributed by atoms with Crippen LogP contribution in [0.3, 0.4) is 0 Å². The van der Waals surface area contributed by atoms with E-state index in [1.54, 1.807) is 19.4 Å². The van der Waals surface area contributed by atoms with Crippen LogP contribution >= 0.6 is 0 Å². The maximum atomic E-state index is 5.54. The lowest BCUT2D eigenvalue weighted by Crippen LogP contribution is -2.31. The van der Waals surface area contributed by atoms with Gasteiger partial charge in [0, 0.05) is 31.9 Å². The molecule has 5 nitrogen and oxygen atoms in total. The molecule has 0 saturated carbocycles. The second kappa shape index (κ2) is 6.19. The van der Waals surface area contributed by atoms with E-state index in [1.165, 1.54) is 0 Å². The summed E-state index contributed by atoms with van der Waals surface area (Å²) in [4.78, 5) is 10.5. The molecular weight excluding hydrogens is 192 g/mol. The fourth-order valence-electron chi connectivity index (χ4n) is 1.34. The van der Waals surface area contributed by atoms with Crippen molar-refractivity contribution >= 4 is 5.95 Å². The third-order valence-corrected chi connectivity index (χ3v) is 2.00. The minimum atomic E-state index is 0.582. The van der Waals surface area contributed by atoms with Crippen molar-refractivity contribution in [3.8, 4) is 5.88 Å². The zero-order valence-corrected chi connectivity index (χ0v) is 9.31. The molecule has 0 aliphatic rings. The maximum absolute atomic E-state index is 5.54. The van der Waals surface area contributed by atoms with Crippen molar-refractivity contribution in [3.63, 3.8) is 0 Å². The average molecular weight is 210 g/mol. The van der Waals surface area contributed by atoms with Gasteiger partial charge >= 0.3 is 0 Å². The maximum Gasteiger partial charge on any atom is 0.228 e. The highest BCUT2D eigenvalue weighted by atomic mass is 16.5. The number of methoxy groups -OCH3 is 1. The van der Waals surface area contributed by atoms with E-state index in [2.05, 4.69) is 21.8 Å². The fourth-order valence-corrected chi connectivity index (χ4v) is 1.34. The van der Waals surface area contributed by atoms with E-state index in [9.17, 15) is 0 Å². The third-order valence-electron chi connectivity index (χ3n) is 2.00. The van der Waals surface area contributed by atoms with E-state index >= 15 is 0 Å². The van der Waals surface area contributed by atoms with Crippen LogP contribution < -0.4 is 15.4 Å². The summed E-state index contributed by atoms with van der Waals surface area (Å²) in [5, 5.41) is 0. The predicted molar refractivity (Wildman–Crippen MR) is 60.1 cm³/mol. The minimum Gasteiger partial charge on any atom is -0.481 e. The van der Waals surface area contributed by atoms with Crippen molar-refractivity contribution in [1.29, 1.82) is 0 Å². The van der Waals surface area contributed by atoms with Gasteiger partial charge in [-0.1, -0.05) is 6.92 Å². The van der Waals surface area contributed by atoms with Gasteiger partial charge < -0.3 is 15.4 Å². The van der Waals surface area contributed by atoms with Crippen LogP contribution in [0.15, 0.2) is 12.3 Å². The first kappa shape index (κ1) is 11.7. The predicted octanol–water partition coefficient (Wildman–Crippen LogP) is 0.660. The van der Waals surface area contributed by atoms with Crippen molar-refractivity contribution in [3.05, 3.63) is 12.3 Å². The molecule has 0 radical (unpaired) electrons. The molecule has 1 heterocycles. The lowest BCUT2D eigenvalue weighted by molar-refractivity contribution is 0.396. The Labute approximate surface area is 90.3 Å². The number of ether oxygens (including phenoxy) is 1. The lowest BCUT2D eigenvalue weighted by atomic mass is 10.4. The van der Waals surface area contributed by atoms with Gasteiger partial charge in [0.05, 0.1) is 7.11 Å². The van der Waals surface area contributed by atoms with E-state index in [-0.39, 0.29) is 0 Å². The minimum absolute atomic E-state index is 0.582. The first-order valence-electron chi connectivity index (χ1n) is 5.13. The summed E-state index contributed by atoms with van der Waals surface area (Å²) in [6.07, 6.45) is 2.74. The number of aromatic nitrogens is 2. The SMILES string of the molecule is CCCN(CCN)c1nccc(OC)n1. The molecule has 0 aromatic carbocycles. The second-order valence-electron chi connectivity index (χ2n) is 3.17. The molecule has 0 atom stereocenters. The van der Waals surface area contributed by atoms with Crippen LogP contribution in [0.25, 0.3) is 0 Å². The van der Waals surface area contributed by atoms with Crippen molar-refractivity contribution in [2.24, 2.45) is 5.73 Å². The number of nitrogens with zero attached hydrogens (tertiary/aromatic N) is 3. The quantitative estimate of drug-likeness (QED) is 0.747. The molecule has 0 fully saturated rings. The van der Waals surface area contributed by atoms with Crippen molar-refractivity contribution in [1.82, 2.24) is 9.97 Å². The van der Waals surface area contributed by atoms with Gasteiger partial charge in [0.25, 0.3) is 0 Å². The standard InChI is InChI=1S/C10H18N4O/c1-3-7-14(8-5-11)10-12-6-4-9(13-10)15-2/h4,6H,3,5,7-8,11H2,1-2H3. The summed E-state index contributed by atoms with van der Waals surface area (Å²) in [5.74, 6) is 1.26. The smallest absolute Gasteiger partial charge is 0.228 e. The van der Waals surface area contributed by atoms with Crippen LogP contribution in [0.5, 0.6) is 5.88 Å². The molecule has 5 heteroatoms. The highest BCUT2D eigenvalue weighted by Gasteiger charge is 2.08. The zero-order valence-electron chi connectivity index (χ0n) is 9.31. The van der Waals surface area contributed by atoms with Gasteiger partial charge in [-0.15, -0.1) is 0 Å². The van der Waals surface area contributed by atoms with Gasteiger partial charge in [-0.3, -0.25) is 0 Å². The van der Waals surface area contributed by atoms with Crippen LogP contribution in [0.4, 0.5) is 5.95 Å². The van der Waals surface area contributed by atoms with Crippen LogP contribution in [0, 0.1) is 0 Å². The zero-order chi connectivity index (χ0) is 11.1. The molecule has 0 unspecified atom stereocenters. The summed E-state index contributed by atoms with van der Waals surface area (Å²) in [5.41, 5.74) is 5.54. The Hall–Kier alpha value is -1.36. The number of rotatable bonds is 6. The van der Waals surface area contributed by atoms with E-state index in [1.807, 2.05) is 0 Å². The van der Waals surface area contributed by atoms with E-state index in [0.29, 0.717) is 18.4 Å². The highest BCUT2D eigenvalue weighted by molar-refractivity contribution is 5.31. The van der Waals surface area contributed by atoms with Crippen LogP contribution in [-0.4, -0.2) is 36.7 Å². The van der Waals surface area contributed by atoms with Crippen molar-refractivity contribution in [2.75, 3.05) is 31.6 Å². The molecule has 0 saturated heterocycles. The first-order chi connectivity index (χ1) is 7.31. The summed E-state index contributed by atoms with van der Waals surface area (Å²) >= 11 is 0. The van der Waals surface area contributed by atoms with E-state index in [0.717, 1.165) is 19.5 Å².